The molecule has 0 unspecified atom stereocenters. The van der Waals surface area contributed by atoms with E-state index in [9.17, 15) is 22.8 Å². The molecule has 3 aromatic rings. The number of alkyl halides is 3. The van der Waals surface area contributed by atoms with Crippen molar-refractivity contribution in [2.75, 3.05) is 5.43 Å². The fraction of sp³-hybridized carbons (Fsp3) is 0.118. The Morgan fingerprint density at radius 1 is 1.15 bits per heavy atom. The maximum Gasteiger partial charge on any atom is 0.416 e. The largest absolute Gasteiger partial charge is 0.416 e. The summed E-state index contributed by atoms with van der Waals surface area (Å²) in [5.74, 6) is -0.837. The summed E-state index contributed by atoms with van der Waals surface area (Å²) in [4.78, 5) is 30.6. The van der Waals surface area contributed by atoms with Gasteiger partial charge in [-0.3, -0.25) is 25.4 Å². The molecule has 0 fully saturated rings. The first kappa shape index (κ1) is 17.5. The van der Waals surface area contributed by atoms with E-state index in [-0.39, 0.29) is 17.1 Å². The van der Waals surface area contributed by atoms with Gasteiger partial charge in [-0.1, -0.05) is 18.2 Å². The number of aromatic amines is 1. The lowest BCUT2D eigenvalue weighted by Crippen LogP contribution is -2.31. The van der Waals surface area contributed by atoms with Crippen molar-refractivity contribution in [1.29, 1.82) is 0 Å². The first-order valence-corrected chi connectivity index (χ1v) is 7.49. The number of amides is 1. The van der Waals surface area contributed by atoms with Gasteiger partial charge in [-0.15, -0.1) is 0 Å². The number of hydrazine groups is 1. The van der Waals surface area contributed by atoms with E-state index < -0.39 is 23.2 Å². The van der Waals surface area contributed by atoms with Gasteiger partial charge in [0, 0.05) is 5.56 Å². The second-order valence-corrected chi connectivity index (χ2v) is 5.54. The maximum atomic E-state index is 12.9. The SMILES string of the molecule is Cc1ccc(C(=O)NNc2nc3ccccc3c(=O)[nH]2)cc1C(F)(F)F. The molecule has 6 nitrogen and oxygen atoms in total. The molecule has 0 aliphatic rings. The Hall–Kier alpha value is -3.36. The highest BCUT2D eigenvalue weighted by molar-refractivity contribution is 5.95. The molecule has 3 rings (SSSR count). The van der Waals surface area contributed by atoms with Crippen LogP contribution in [0.1, 0.15) is 21.5 Å². The van der Waals surface area contributed by atoms with E-state index in [0.29, 0.717) is 10.9 Å². The van der Waals surface area contributed by atoms with E-state index >= 15 is 0 Å². The zero-order valence-corrected chi connectivity index (χ0v) is 13.4. The average molecular weight is 362 g/mol. The van der Waals surface area contributed by atoms with Crippen molar-refractivity contribution in [1.82, 2.24) is 15.4 Å². The minimum absolute atomic E-state index is 0.0162. The second-order valence-electron chi connectivity index (χ2n) is 5.54. The van der Waals surface area contributed by atoms with E-state index in [0.717, 1.165) is 6.07 Å². The smallest absolute Gasteiger partial charge is 0.291 e. The number of nitrogens with one attached hydrogen (secondary N) is 3. The quantitative estimate of drug-likeness (QED) is 0.625. The van der Waals surface area contributed by atoms with E-state index in [1.807, 2.05) is 0 Å². The van der Waals surface area contributed by atoms with Crippen LogP contribution in [0.4, 0.5) is 19.1 Å². The van der Waals surface area contributed by atoms with Crippen LogP contribution in [0.3, 0.4) is 0 Å². The molecule has 0 saturated carbocycles. The standard InChI is InChI=1S/C17H13F3N4O2/c1-9-6-7-10(8-12(9)17(18,19)20)14(25)23-24-16-21-13-5-3-2-4-11(13)15(26)22-16/h2-8H,1H3,(H,23,25)(H2,21,22,24,26). The number of hydrogen-bond acceptors (Lipinski definition) is 4. The molecule has 0 radical (unpaired) electrons. The summed E-state index contributed by atoms with van der Waals surface area (Å²) in [5, 5.41) is 0.373. The molecule has 0 saturated heterocycles. The van der Waals surface area contributed by atoms with Crippen LogP contribution >= 0.6 is 0 Å². The van der Waals surface area contributed by atoms with Crippen LogP contribution in [0, 0.1) is 6.92 Å². The molecule has 0 aliphatic carbocycles. The Bertz CT molecular complexity index is 1040. The summed E-state index contributed by atoms with van der Waals surface area (Å²) < 4.78 is 38.8. The number of anilines is 1. The Kier molecular flexibility index (Phi) is 4.37. The van der Waals surface area contributed by atoms with Gasteiger partial charge >= 0.3 is 6.18 Å². The van der Waals surface area contributed by atoms with Crippen molar-refractivity contribution in [2.45, 2.75) is 13.1 Å². The van der Waals surface area contributed by atoms with Gasteiger partial charge in [0.2, 0.25) is 5.95 Å². The molecule has 9 heteroatoms. The number of aryl methyl sites for hydroxylation is 1. The molecule has 134 valence electrons. The highest BCUT2D eigenvalue weighted by atomic mass is 19.4. The van der Waals surface area contributed by atoms with Crippen molar-refractivity contribution in [2.24, 2.45) is 0 Å². The highest BCUT2D eigenvalue weighted by Gasteiger charge is 2.32. The van der Waals surface area contributed by atoms with Crippen molar-refractivity contribution in [3.8, 4) is 0 Å². The fourth-order valence-electron chi connectivity index (χ4n) is 2.40. The van der Waals surface area contributed by atoms with Gasteiger partial charge in [-0.25, -0.2) is 4.98 Å². The van der Waals surface area contributed by atoms with Gasteiger partial charge in [-0.05, 0) is 36.8 Å². The van der Waals surface area contributed by atoms with Crippen LogP contribution in [0.25, 0.3) is 10.9 Å². The summed E-state index contributed by atoms with van der Waals surface area (Å²) in [7, 11) is 0. The molecular weight excluding hydrogens is 349 g/mol. The van der Waals surface area contributed by atoms with Crippen LogP contribution in [-0.4, -0.2) is 15.9 Å². The number of H-pyrrole nitrogens is 1. The summed E-state index contributed by atoms with van der Waals surface area (Å²) in [6.07, 6.45) is -4.56. The topological polar surface area (TPSA) is 86.9 Å². The Labute approximate surface area is 145 Å². The van der Waals surface area contributed by atoms with Crippen molar-refractivity contribution in [3.05, 3.63) is 69.5 Å². The van der Waals surface area contributed by atoms with Gasteiger partial charge in [0.05, 0.1) is 16.5 Å². The predicted molar refractivity (Wildman–Crippen MR) is 89.6 cm³/mol. The number of halogens is 3. The number of rotatable bonds is 3. The average Bonchev–Trinajstić information content (AvgIpc) is 2.59. The van der Waals surface area contributed by atoms with Crippen molar-refractivity contribution < 1.29 is 18.0 Å². The van der Waals surface area contributed by atoms with Gasteiger partial charge in [0.25, 0.3) is 11.5 Å². The third-order valence-electron chi connectivity index (χ3n) is 3.71. The Morgan fingerprint density at radius 2 is 1.88 bits per heavy atom. The molecule has 1 aromatic heterocycles. The molecule has 0 spiro atoms. The first-order chi connectivity index (χ1) is 12.3. The molecule has 0 bridgehead atoms. The third kappa shape index (κ3) is 3.51. The molecular formula is C17H13F3N4O2. The summed E-state index contributed by atoms with van der Waals surface area (Å²) in [6, 6.07) is 9.85. The van der Waals surface area contributed by atoms with Crippen molar-refractivity contribution in [3.63, 3.8) is 0 Å². The molecule has 26 heavy (non-hydrogen) atoms. The van der Waals surface area contributed by atoms with Crippen molar-refractivity contribution >= 4 is 22.8 Å². The minimum Gasteiger partial charge on any atom is -0.291 e. The lowest BCUT2D eigenvalue weighted by molar-refractivity contribution is -0.138. The number of aromatic nitrogens is 2. The summed E-state index contributed by atoms with van der Waals surface area (Å²) in [5.41, 5.74) is 3.56. The van der Waals surface area contributed by atoms with E-state index in [1.54, 1.807) is 24.3 Å². The summed E-state index contributed by atoms with van der Waals surface area (Å²) >= 11 is 0. The lowest BCUT2D eigenvalue weighted by atomic mass is 10.0. The predicted octanol–water partition coefficient (Wildman–Crippen LogP) is 3.01. The molecule has 1 heterocycles. The number of benzene rings is 2. The second kappa shape index (κ2) is 6.51. The van der Waals surface area contributed by atoms with Crippen LogP contribution in [-0.2, 0) is 6.18 Å². The van der Waals surface area contributed by atoms with Crippen LogP contribution in [0.5, 0.6) is 0 Å². The van der Waals surface area contributed by atoms with Crippen LogP contribution < -0.4 is 16.4 Å². The van der Waals surface area contributed by atoms with Gasteiger partial charge < -0.3 is 0 Å². The van der Waals surface area contributed by atoms with E-state index in [1.165, 1.54) is 19.1 Å². The molecule has 1 amide bonds. The maximum absolute atomic E-state index is 12.9. The molecule has 3 N–H and O–H groups in total. The monoisotopic (exact) mass is 362 g/mol. The molecule has 0 aliphatic heterocycles. The number of nitrogens with zero attached hydrogens (tertiary/aromatic N) is 1. The van der Waals surface area contributed by atoms with E-state index in [2.05, 4.69) is 20.8 Å². The Morgan fingerprint density at radius 3 is 2.62 bits per heavy atom. The zero-order valence-electron chi connectivity index (χ0n) is 13.4. The number of para-hydroxylation sites is 1. The highest BCUT2D eigenvalue weighted by Crippen LogP contribution is 2.32. The zero-order chi connectivity index (χ0) is 18.9. The lowest BCUT2D eigenvalue weighted by Gasteiger charge is -2.12. The number of carbonyl (C=O) groups excluding carboxylic acids is 1. The van der Waals surface area contributed by atoms with Crippen LogP contribution in [0.15, 0.2) is 47.3 Å². The minimum atomic E-state index is -4.56. The summed E-state index contributed by atoms with van der Waals surface area (Å²) in [6.45, 7) is 1.31. The van der Waals surface area contributed by atoms with Crippen LogP contribution in [0.2, 0.25) is 0 Å². The number of hydrogen-bond donors (Lipinski definition) is 3. The first-order valence-electron chi connectivity index (χ1n) is 7.49. The van der Waals surface area contributed by atoms with Gasteiger partial charge in [0.1, 0.15) is 0 Å². The molecule has 0 atom stereocenters. The normalized spacial score (nSPS) is 11.4. The van der Waals surface area contributed by atoms with Gasteiger partial charge in [0.15, 0.2) is 0 Å². The number of carbonyl (C=O) groups is 1. The molecule has 2 aromatic carbocycles. The number of fused-ring (bicyclic) bond motifs is 1. The van der Waals surface area contributed by atoms with E-state index in [4.69, 9.17) is 0 Å². The third-order valence-corrected chi connectivity index (χ3v) is 3.71. The van der Waals surface area contributed by atoms with Gasteiger partial charge in [-0.2, -0.15) is 13.2 Å². The Balaban J connectivity index is 1.80. The fourth-order valence-corrected chi connectivity index (χ4v) is 2.40.